The first-order valence-corrected chi connectivity index (χ1v) is 6.51. The fourth-order valence-electron chi connectivity index (χ4n) is 2.92. The molecule has 0 N–H and O–H groups in total. The summed E-state index contributed by atoms with van der Waals surface area (Å²) in [6.45, 7) is 0. The van der Waals surface area contributed by atoms with Gasteiger partial charge in [-0.05, 0) is 17.5 Å². The Bertz CT molecular complexity index is 1030. The molecule has 2 aromatic heterocycles. The second-order valence-corrected chi connectivity index (χ2v) is 4.97. The molecule has 2 heterocycles. The van der Waals surface area contributed by atoms with Gasteiger partial charge in [0.1, 0.15) is 0 Å². The summed E-state index contributed by atoms with van der Waals surface area (Å²) in [4.78, 5) is 16.7. The summed E-state index contributed by atoms with van der Waals surface area (Å²) in [7, 11) is 1.83. The first-order chi connectivity index (χ1) is 9.77. The third-order valence-electron chi connectivity index (χ3n) is 3.88. The highest BCUT2D eigenvalue weighted by atomic mass is 16.1. The SMILES string of the molecule is Cn1c(=O)c2ccccc2c2ccc3cnccc3c21. The van der Waals surface area contributed by atoms with E-state index in [1.807, 2.05) is 43.6 Å². The molecule has 4 aromatic rings. The van der Waals surface area contributed by atoms with Gasteiger partial charge in [-0.1, -0.05) is 30.3 Å². The zero-order valence-electron chi connectivity index (χ0n) is 11.0. The van der Waals surface area contributed by atoms with Crippen molar-refractivity contribution in [3.63, 3.8) is 0 Å². The van der Waals surface area contributed by atoms with E-state index in [0.717, 1.165) is 32.4 Å². The average Bonchev–Trinajstić information content (AvgIpc) is 2.51. The van der Waals surface area contributed by atoms with E-state index in [-0.39, 0.29) is 5.56 Å². The van der Waals surface area contributed by atoms with Crippen LogP contribution in [0.5, 0.6) is 0 Å². The van der Waals surface area contributed by atoms with Crippen LogP contribution in [-0.4, -0.2) is 9.55 Å². The monoisotopic (exact) mass is 260 g/mol. The Morgan fingerprint density at radius 1 is 0.900 bits per heavy atom. The Morgan fingerprint density at radius 3 is 2.55 bits per heavy atom. The van der Waals surface area contributed by atoms with Gasteiger partial charge >= 0.3 is 0 Å². The van der Waals surface area contributed by atoms with Crippen molar-refractivity contribution in [2.75, 3.05) is 0 Å². The maximum atomic E-state index is 12.5. The molecule has 0 saturated carbocycles. The molecule has 0 unspecified atom stereocenters. The number of benzene rings is 2. The second kappa shape index (κ2) is 3.90. The largest absolute Gasteiger partial charge is 0.310 e. The number of hydrogen-bond donors (Lipinski definition) is 0. The summed E-state index contributed by atoms with van der Waals surface area (Å²) >= 11 is 0. The smallest absolute Gasteiger partial charge is 0.258 e. The van der Waals surface area contributed by atoms with E-state index in [0.29, 0.717) is 0 Å². The molecule has 20 heavy (non-hydrogen) atoms. The van der Waals surface area contributed by atoms with Crippen molar-refractivity contribution < 1.29 is 0 Å². The van der Waals surface area contributed by atoms with Crippen molar-refractivity contribution in [3.05, 3.63) is 65.2 Å². The third kappa shape index (κ3) is 1.35. The molecule has 0 fully saturated rings. The number of rotatable bonds is 0. The van der Waals surface area contributed by atoms with Gasteiger partial charge in [-0.2, -0.15) is 0 Å². The lowest BCUT2D eigenvalue weighted by Crippen LogP contribution is -2.17. The maximum Gasteiger partial charge on any atom is 0.258 e. The molecule has 3 heteroatoms. The van der Waals surface area contributed by atoms with E-state index in [4.69, 9.17) is 0 Å². The van der Waals surface area contributed by atoms with E-state index >= 15 is 0 Å². The Labute approximate surface area is 115 Å². The van der Waals surface area contributed by atoms with Gasteiger partial charge in [0, 0.05) is 41.0 Å². The van der Waals surface area contributed by atoms with Crippen molar-refractivity contribution in [1.82, 2.24) is 9.55 Å². The Kier molecular flexibility index (Phi) is 2.18. The highest BCUT2D eigenvalue weighted by molar-refractivity contribution is 6.15. The van der Waals surface area contributed by atoms with E-state index in [9.17, 15) is 4.79 Å². The van der Waals surface area contributed by atoms with Crippen LogP contribution in [-0.2, 0) is 7.05 Å². The number of aromatic nitrogens is 2. The quantitative estimate of drug-likeness (QED) is 0.455. The van der Waals surface area contributed by atoms with Crippen molar-refractivity contribution in [2.45, 2.75) is 0 Å². The Balaban J connectivity index is 2.43. The number of fused-ring (bicyclic) bond motifs is 5. The third-order valence-corrected chi connectivity index (χ3v) is 3.88. The van der Waals surface area contributed by atoms with Gasteiger partial charge in [-0.15, -0.1) is 0 Å². The van der Waals surface area contributed by atoms with Crippen LogP contribution in [0.15, 0.2) is 59.7 Å². The molecule has 0 atom stereocenters. The molecule has 0 saturated heterocycles. The van der Waals surface area contributed by atoms with Crippen molar-refractivity contribution in [1.29, 1.82) is 0 Å². The molecule has 0 radical (unpaired) electrons. The lowest BCUT2D eigenvalue weighted by molar-refractivity contribution is 0.922. The summed E-state index contributed by atoms with van der Waals surface area (Å²) in [6, 6.07) is 13.9. The lowest BCUT2D eigenvalue weighted by Gasteiger charge is -2.11. The average molecular weight is 260 g/mol. The van der Waals surface area contributed by atoms with Gasteiger partial charge in [0.05, 0.1) is 5.52 Å². The molecule has 3 nitrogen and oxygen atoms in total. The molecule has 96 valence electrons. The summed E-state index contributed by atoms with van der Waals surface area (Å²) in [6.07, 6.45) is 3.59. The number of hydrogen-bond acceptors (Lipinski definition) is 2. The highest BCUT2D eigenvalue weighted by Gasteiger charge is 2.10. The molecular weight excluding hydrogens is 248 g/mol. The molecule has 4 rings (SSSR count). The molecular formula is C17H12N2O. The van der Waals surface area contributed by atoms with E-state index in [1.165, 1.54) is 0 Å². The van der Waals surface area contributed by atoms with E-state index in [1.54, 1.807) is 10.8 Å². The van der Waals surface area contributed by atoms with Crippen LogP contribution in [0.3, 0.4) is 0 Å². The predicted octanol–water partition coefficient (Wildman–Crippen LogP) is 3.24. The predicted molar refractivity (Wildman–Crippen MR) is 82.0 cm³/mol. The normalized spacial score (nSPS) is 11.4. The van der Waals surface area contributed by atoms with Crippen LogP contribution in [0.1, 0.15) is 0 Å². The summed E-state index contributed by atoms with van der Waals surface area (Å²) in [5.41, 5.74) is 1.01. The fraction of sp³-hybridized carbons (Fsp3) is 0.0588. The van der Waals surface area contributed by atoms with Crippen molar-refractivity contribution in [3.8, 4) is 0 Å². The van der Waals surface area contributed by atoms with Crippen molar-refractivity contribution >= 4 is 32.4 Å². The van der Waals surface area contributed by atoms with Gasteiger partial charge in [-0.25, -0.2) is 0 Å². The highest BCUT2D eigenvalue weighted by Crippen LogP contribution is 2.28. The second-order valence-electron chi connectivity index (χ2n) is 4.97. The number of pyridine rings is 2. The molecule has 0 spiro atoms. The molecule has 0 aliphatic heterocycles. The molecule has 0 bridgehead atoms. The van der Waals surface area contributed by atoms with Crippen LogP contribution in [0.2, 0.25) is 0 Å². The van der Waals surface area contributed by atoms with Gasteiger partial charge < -0.3 is 4.57 Å². The van der Waals surface area contributed by atoms with Gasteiger partial charge in [0.15, 0.2) is 0 Å². The molecule has 2 aromatic carbocycles. The minimum atomic E-state index is 0.0393. The van der Waals surface area contributed by atoms with E-state index in [2.05, 4.69) is 17.1 Å². The Hall–Kier alpha value is -2.68. The number of aryl methyl sites for hydroxylation is 1. The fourth-order valence-corrected chi connectivity index (χ4v) is 2.92. The maximum absolute atomic E-state index is 12.5. The number of nitrogens with zero attached hydrogens (tertiary/aromatic N) is 2. The van der Waals surface area contributed by atoms with Crippen molar-refractivity contribution in [2.24, 2.45) is 7.05 Å². The molecule has 0 amide bonds. The summed E-state index contributed by atoms with van der Waals surface area (Å²) in [5, 5.41) is 4.97. The lowest BCUT2D eigenvalue weighted by atomic mass is 10.0. The zero-order valence-corrected chi connectivity index (χ0v) is 11.0. The Morgan fingerprint density at radius 2 is 1.70 bits per heavy atom. The summed E-state index contributed by atoms with van der Waals surface area (Å²) in [5.74, 6) is 0. The van der Waals surface area contributed by atoms with Gasteiger partial charge in [-0.3, -0.25) is 9.78 Å². The van der Waals surface area contributed by atoms with Crippen LogP contribution in [0.4, 0.5) is 0 Å². The first kappa shape index (κ1) is 11.2. The van der Waals surface area contributed by atoms with Crippen LogP contribution < -0.4 is 5.56 Å². The zero-order chi connectivity index (χ0) is 13.7. The van der Waals surface area contributed by atoms with Crippen LogP contribution >= 0.6 is 0 Å². The minimum absolute atomic E-state index is 0.0393. The summed E-state index contributed by atoms with van der Waals surface area (Å²) < 4.78 is 1.74. The standard InChI is InChI=1S/C17H12N2O/c1-19-16-12-8-9-18-10-11(12)6-7-14(16)13-4-2-3-5-15(13)17(19)20/h2-10H,1H3. The minimum Gasteiger partial charge on any atom is -0.310 e. The van der Waals surface area contributed by atoms with Gasteiger partial charge in [0.2, 0.25) is 0 Å². The first-order valence-electron chi connectivity index (χ1n) is 6.51. The van der Waals surface area contributed by atoms with Gasteiger partial charge in [0.25, 0.3) is 5.56 Å². The molecule has 0 aliphatic carbocycles. The van der Waals surface area contributed by atoms with Crippen LogP contribution in [0, 0.1) is 0 Å². The van der Waals surface area contributed by atoms with Crippen LogP contribution in [0.25, 0.3) is 32.4 Å². The van der Waals surface area contributed by atoms with E-state index < -0.39 is 0 Å². The topological polar surface area (TPSA) is 34.9 Å². The molecule has 0 aliphatic rings.